The Hall–Kier alpha value is -1.43. The van der Waals surface area contributed by atoms with E-state index < -0.39 is 0 Å². The number of halogens is 1. The summed E-state index contributed by atoms with van der Waals surface area (Å²) in [6.07, 6.45) is 0.724. The van der Waals surface area contributed by atoms with Gasteiger partial charge in [-0.15, -0.1) is 10.2 Å². The molecule has 0 saturated carbocycles. The van der Waals surface area contributed by atoms with Crippen LogP contribution in [-0.2, 0) is 6.54 Å². The van der Waals surface area contributed by atoms with Crippen LogP contribution in [0.25, 0.3) is 11.5 Å². The van der Waals surface area contributed by atoms with Crippen LogP contribution >= 0.6 is 11.6 Å². The van der Waals surface area contributed by atoms with Crippen molar-refractivity contribution in [1.29, 1.82) is 0 Å². The van der Waals surface area contributed by atoms with Crippen LogP contribution in [0.1, 0.15) is 33.1 Å². The molecule has 0 radical (unpaired) electrons. The van der Waals surface area contributed by atoms with E-state index in [1.54, 1.807) is 6.07 Å². The zero-order valence-corrected chi connectivity index (χ0v) is 14.7. The molecule has 0 fully saturated rings. The third-order valence-electron chi connectivity index (χ3n) is 3.26. The molecule has 0 bridgehead atoms. The average Bonchev–Trinajstić information content (AvgIpc) is 2.92. The Morgan fingerprint density at radius 1 is 1.22 bits per heavy atom. The number of nitrogens with zero attached hydrogens (tertiary/aromatic N) is 3. The van der Waals surface area contributed by atoms with E-state index in [0.717, 1.165) is 25.1 Å². The molecular formula is C17H24ClN3O2. The van der Waals surface area contributed by atoms with Crippen molar-refractivity contribution >= 4 is 11.6 Å². The Balaban J connectivity index is 2.10. The second-order valence-corrected chi connectivity index (χ2v) is 7.24. The molecule has 0 unspecified atom stereocenters. The quantitative estimate of drug-likeness (QED) is 0.836. The fourth-order valence-electron chi connectivity index (χ4n) is 2.43. The lowest BCUT2D eigenvalue weighted by Gasteiger charge is -2.28. The van der Waals surface area contributed by atoms with Crippen LogP contribution in [0, 0.1) is 5.41 Å². The highest BCUT2D eigenvalue weighted by Gasteiger charge is 2.19. The van der Waals surface area contributed by atoms with Crippen LogP contribution in [0.2, 0.25) is 5.02 Å². The number of rotatable bonds is 7. The Bertz CT molecular complexity index is 622. The Morgan fingerprint density at radius 3 is 2.61 bits per heavy atom. The minimum Gasteiger partial charge on any atom is -0.419 e. The maximum Gasteiger partial charge on any atom is 0.249 e. The second kappa shape index (κ2) is 7.90. The highest BCUT2D eigenvalue weighted by atomic mass is 35.5. The number of hydrogen-bond donors (Lipinski definition) is 1. The van der Waals surface area contributed by atoms with Gasteiger partial charge in [-0.25, -0.2) is 0 Å². The molecule has 0 aliphatic rings. The summed E-state index contributed by atoms with van der Waals surface area (Å²) >= 11 is 6.16. The number of hydrogen-bond acceptors (Lipinski definition) is 5. The zero-order valence-electron chi connectivity index (χ0n) is 13.9. The molecule has 2 rings (SSSR count). The van der Waals surface area contributed by atoms with E-state index in [2.05, 4.69) is 35.9 Å². The first-order valence-electron chi connectivity index (χ1n) is 7.79. The standard InChI is InChI=1S/C17H24ClN3O2/c1-17(2,3)12-21(9-6-10-22)11-15-19-20-16(23-15)13-7-4-5-8-14(13)18/h4-5,7-8,22H,6,9-12H2,1-3H3. The summed E-state index contributed by atoms with van der Waals surface area (Å²) in [5, 5.41) is 17.9. The summed E-state index contributed by atoms with van der Waals surface area (Å²) in [6, 6.07) is 7.41. The van der Waals surface area contributed by atoms with Gasteiger partial charge in [-0.2, -0.15) is 0 Å². The molecule has 1 N–H and O–H groups in total. The van der Waals surface area contributed by atoms with Crippen molar-refractivity contribution in [3.63, 3.8) is 0 Å². The summed E-state index contributed by atoms with van der Waals surface area (Å²) in [4.78, 5) is 2.22. The van der Waals surface area contributed by atoms with E-state index in [-0.39, 0.29) is 12.0 Å². The average molecular weight is 338 g/mol. The largest absolute Gasteiger partial charge is 0.419 e. The van der Waals surface area contributed by atoms with Gasteiger partial charge in [0.2, 0.25) is 11.8 Å². The summed E-state index contributed by atoms with van der Waals surface area (Å²) in [6.45, 7) is 8.96. The molecule has 5 nitrogen and oxygen atoms in total. The molecule has 2 aromatic rings. The summed E-state index contributed by atoms with van der Waals surface area (Å²) in [7, 11) is 0. The first-order chi connectivity index (χ1) is 10.9. The van der Waals surface area contributed by atoms with Crippen molar-refractivity contribution < 1.29 is 9.52 Å². The van der Waals surface area contributed by atoms with E-state index in [9.17, 15) is 0 Å². The molecule has 6 heteroatoms. The van der Waals surface area contributed by atoms with Crippen molar-refractivity contribution in [2.45, 2.75) is 33.7 Å². The van der Waals surface area contributed by atoms with Crippen molar-refractivity contribution in [1.82, 2.24) is 15.1 Å². The molecule has 0 atom stereocenters. The maximum atomic E-state index is 9.07. The normalized spacial score (nSPS) is 12.1. The number of benzene rings is 1. The molecule has 1 aromatic heterocycles. The molecule has 0 saturated heterocycles. The van der Waals surface area contributed by atoms with Crippen LogP contribution in [-0.4, -0.2) is 39.9 Å². The molecule has 1 heterocycles. The highest BCUT2D eigenvalue weighted by molar-refractivity contribution is 6.33. The van der Waals surface area contributed by atoms with Gasteiger partial charge >= 0.3 is 0 Å². The minimum atomic E-state index is 0.154. The van der Waals surface area contributed by atoms with Crippen LogP contribution < -0.4 is 0 Å². The minimum absolute atomic E-state index is 0.154. The number of aromatic nitrogens is 2. The molecular weight excluding hydrogens is 314 g/mol. The lowest BCUT2D eigenvalue weighted by atomic mass is 9.96. The predicted octanol–water partition coefficient (Wildman–Crippen LogP) is 3.62. The van der Waals surface area contributed by atoms with Crippen LogP contribution in [0.5, 0.6) is 0 Å². The van der Waals surface area contributed by atoms with Crippen LogP contribution in [0.15, 0.2) is 28.7 Å². The monoisotopic (exact) mass is 337 g/mol. The fraction of sp³-hybridized carbons (Fsp3) is 0.529. The second-order valence-electron chi connectivity index (χ2n) is 6.83. The van der Waals surface area contributed by atoms with Gasteiger partial charge < -0.3 is 9.52 Å². The van der Waals surface area contributed by atoms with Gasteiger partial charge in [-0.05, 0) is 24.0 Å². The van der Waals surface area contributed by atoms with Gasteiger partial charge in [-0.1, -0.05) is 44.5 Å². The smallest absolute Gasteiger partial charge is 0.249 e. The molecule has 0 spiro atoms. The fourth-order valence-corrected chi connectivity index (χ4v) is 2.65. The summed E-state index contributed by atoms with van der Waals surface area (Å²) in [5.74, 6) is 0.991. The topological polar surface area (TPSA) is 62.4 Å². The lowest BCUT2D eigenvalue weighted by molar-refractivity contribution is 0.155. The van der Waals surface area contributed by atoms with Gasteiger partial charge in [0, 0.05) is 19.7 Å². The molecule has 0 aliphatic carbocycles. The van der Waals surface area contributed by atoms with Gasteiger partial charge in [0.1, 0.15) is 0 Å². The van der Waals surface area contributed by atoms with Crippen molar-refractivity contribution in [3.05, 3.63) is 35.2 Å². The van der Waals surface area contributed by atoms with Crippen LogP contribution in [0.4, 0.5) is 0 Å². The first kappa shape index (κ1) is 17.9. The highest BCUT2D eigenvalue weighted by Crippen LogP contribution is 2.26. The maximum absolute atomic E-state index is 9.07. The molecule has 0 aliphatic heterocycles. The van der Waals surface area contributed by atoms with Gasteiger partial charge in [0.25, 0.3) is 0 Å². The van der Waals surface area contributed by atoms with Gasteiger partial charge in [0.05, 0.1) is 17.1 Å². The Morgan fingerprint density at radius 2 is 1.96 bits per heavy atom. The molecule has 0 amide bonds. The third kappa shape index (κ3) is 5.61. The molecule has 23 heavy (non-hydrogen) atoms. The summed E-state index contributed by atoms with van der Waals surface area (Å²) < 4.78 is 5.76. The van der Waals surface area contributed by atoms with Crippen LogP contribution in [0.3, 0.4) is 0 Å². The molecule has 1 aromatic carbocycles. The van der Waals surface area contributed by atoms with E-state index in [1.165, 1.54) is 0 Å². The number of aliphatic hydroxyl groups is 1. The van der Waals surface area contributed by atoms with E-state index in [0.29, 0.717) is 23.3 Å². The van der Waals surface area contributed by atoms with E-state index in [4.69, 9.17) is 21.1 Å². The Kier molecular flexibility index (Phi) is 6.16. The zero-order chi connectivity index (χ0) is 16.9. The van der Waals surface area contributed by atoms with Crippen molar-refractivity contribution in [2.24, 2.45) is 5.41 Å². The third-order valence-corrected chi connectivity index (χ3v) is 3.59. The predicted molar refractivity (Wildman–Crippen MR) is 91.2 cm³/mol. The number of aliphatic hydroxyl groups excluding tert-OH is 1. The van der Waals surface area contributed by atoms with E-state index >= 15 is 0 Å². The SMILES string of the molecule is CC(C)(C)CN(CCCO)Cc1nnc(-c2ccccc2Cl)o1. The lowest BCUT2D eigenvalue weighted by Crippen LogP contribution is -2.33. The van der Waals surface area contributed by atoms with Gasteiger partial charge in [-0.3, -0.25) is 4.90 Å². The van der Waals surface area contributed by atoms with E-state index in [1.807, 2.05) is 18.2 Å². The van der Waals surface area contributed by atoms with Crippen molar-refractivity contribution in [2.75, 3.05) is 19.7 Å². The van der Waals surface area contributed by atoms with Gasteiger partial charge in [0.15, 0.2) is 0 Å². The Labute approximate surface area is 142 Å². The molecule has 126 valence electrons. The first-order valence-corrected chi connectivity index (χ1v) is 8.17. The summed E-state index contributed by atoms with van der Waals surface area (Å²) in [5.41, 5.74) is 0.895. The van der Waals surface area contributed by atoms with Crippen molar-refractivity contribution in [3.8, 4) is 11.5 Å².